The maximum atomic E-state index is 10.2. The summed E-state index contributed by atoms with van der Waals surface area (Å²) >= 11 is 0. The van der Waals surface area contributed by atoms with Crippen LogP contribution in [0.15, 0.2) is 72.4 Å². The summed E-state index contributed by atoms with van der Waals surface area (Å²) < 4.78 is 5.31. The second-order valence-corrected chi connectivity index (χ2v) is 5.04. The molecule has 0 heterocycles. The summed E-state index contributed by atoms with van der Waals surface area (Å²) in [5.74, 6) is 0.556. The molecule has 0 fully saturated rings. The molecular weight excluding hydrogens is 306 g/mol. The van der Waals surface area contributed by atoms with E-state index >= 15 is 0 Å². The van der Waals surface area contributed by atoms with Crippen LogP contribution in [0.4, 0.5) is 0 Å². The van der Waals surface area contributed by atoms with Crippen molar-refractivity contribution in [3.8, 4) is 5.75 Å². The molecule has 2 N–H and O–H groups in total. The molecule has 2 atom stereocenters. The summed E-state index contributed by atoms with van der Waals surface area (Å²) in [6.07, 6.45) is -0.310. The quantitative estimate of drug-likeness (QED) is 0.444. The summed E-state index contributed by atoms with van der Waals surface area (Å²) in [7, 11) is 1.54. The van der Waals surface area contributed by atoms with E-state index in [0.29, 0.717) is 11.3 Å². The smallest absolute Gasteiger partial charge is 0.175 e. The molecule has 0 aliphatic heterocycles. The average molecular weight is 327 g/mol. The molecule has 2 aromatic rings. The van der Waals surface area contributed by atoms with Crippen LogP contribution in [0.3, 0.4) is 0 Å². The third kappa shape index (κ3) is 4.22. The minimum absolute atomic E-state index is 0.239. The van der Waals surface area contributed by atoms with Crippen LogP contribution in [0.1, 0.15) is 17.2 Å². The molecule has 0 aromatic heterocycles. The van der Waals surface area contributed by atoms with Crippen molar-refractivity contribution in [2.45, 2.75) is 12.2 Å². The normalized spacial score (nSPS) is 13.9. The van der Waals surface area contributed by atoms with Gasteiger partial charge in [0.25, 0.3) is 0 Å². The van der Waals surface area contributed by atoms with E-state index in [-0.39, 0.29) is 12.3 Å². The summed E-state index contributed by atoms with van der Waals surface area (Å²) in [4.78, 5) is 5.49. The number of aliphatic hydroxyl groups excluding tert-OH is 2. The summed E-state index contributed by atoms with van der Waals surface area (Å²) in [5, 5.41) is 23.8. The molecule has 0 aliphatic rings. The first-order chi connectivity index (χ1) is 11.7. The van der Waals surface area contributed by atoms with Gasteiger partial charge in [0.05, 0.1) is 13.7 Å². The van der Waals surface area contributed by atoms with Crippen LogP contribution in [0.25, 0.3) is 0 Å². The Morgan fingerprint density at radius 3 is 2.46 bits per heavy atom. The van der Waals surface area contributed by atoms with Crippen molar-refractivity contribution < 1.29 is 19.8 Å². The number of hydrogen-bond donors (Lipinski definition) is 2. The molecule has 126 valence electrons. The van der Waals surface area contributed by atoms with E-state index in [4.69, 9.17) is 9.57 Å². The summed E-state index contributed by atoms with van der Waals surface area (Å²) in [5.41, 5.74) is 1.64. The predicted octanol–water partition coefficient (Wildman–Crippen LogP) is 2.70. The van der Waals surface area contributed by atoms with Gasteiger partial charge in [-0.3, -0.25) is 0 Å². The molecule has 0 amide bonds. The van der Waals surface area contributed by atoms with Crippen molar-refractivity contribution in [1.29, 1.82) is 0 Å². The molecule has 0 saturated carbocycles. The third-order valence-electron chi connectivity index (χ3n) is 3.50. The Kier molecular flexibility index (Phi) is 6.54. The number of para-hydroxylation sites is 1. The number of rotatable bonds is 8. The van der Waals surface area contributed by atoms with E-state index < -0.39 is 12.2 Å². The van der Waals surface area contributed by atoms with Crippen LogP contribution in [0.2, 0.25) is 0 Å². The fourth-order valence-corrected chi connectivity index (χ4v) is 2.22. The zero-order valence-electron chi connectivity index (χ0n) is 13.5. The van der Waals surface area contributed by atoms with Crippen molar-refractivity contribution in [1.82, 2.24) is 0 Å². The monoisotopic (exact) mass is 327 g/mol. The number of benzene rings is 2. The summed E-state index contributed by atoms with van der Waals surface area (Å²) in [6.45, 7) is 3.35. The molecule has 5 nitrogen and oxygen atoms in total. The number of oxime groups is 1. The molecule has 0 radical (unpaired) electrons. The lowest BCUT2D eigenvalue weighted by atomic mass is 10.0. The highest BCUT2D eigenvalue weighted by molar-refractivity contribution is 6.06. The first-order valence-corrected chi connectivity index (χ1v) is 7.54. The van der Waals surface area contributed by atoms with Gasteiger partial charge in [0.15, 0.2) is 6.10 Å². The highest BCUT2D eigenvalue weighted by Gasteiger charge is 2.19. The van der Waals surface area contributed by atoms with Gasteiger partial charge in [0.2, 0.25) is 0 Å². The largest absolute Gasteiger partial charge is 0.496 e. The van der Waals surface area contributed by atoms with Crippen molar-refractivity contribution in [3.05, 3.63) is 78.4 Å². The maximum absolute atomic E-state index is 10.2. The van der Waals surface area contributed by atoms with Crippen LogP contribution in [-0.4, -0.2) is 35.7 Å². The van der Waals surface area contributed by atoms with Gasteiger partial charge in [-0.2, -0.15) is 0 Å². The second kappa shape index (κ2) is 8.86. The van der Waals surface area contributed by atoms with Crippen molar-refractivity contribution in [3.63, 3.8) is 0 Å². The van der Waals surface area contributed by atoms with Gasteiger partial charge in [-0.15, -0.1) is 6.58 Å². The van der Waals surface area contributed by atoms with Crippen LogP contribution in [0.5, 0.6) is 5.75 Å². The van der Waals surface area contributed by atoms with Crippen LogP contribution < -0.4 is 4.74 Å². The number of aliphatic hydroxyl groups is 2. The molecule has 24 heavy (non-hydrogen) atoms. The molecule has 2 aromatic carbocycles. The highest BCUT2D eigenvalue weighted by atomic mass is 16.6. The Balaban J connectivity index is 2.34. The predicted molar refractivity (Wildman–Crippen MR) is 93.1 cm³/mol. The second-order valence-electron chi connectivity index (χ2n) is 5.04. The molecule has 0 saturated heterocycles. The lowest BCUT2D eigenvalue weighted by Gasteiger charge is -2.17. The van der Waals surface area contributed by atoms with E-state index in [9.17, 15) is 10.2 Å². The summed E-state index contributed by atoms with van der Waals surface area (Å²) in [6, 6.07) is 16.4. The fourth-order valence-electron chi connectivity index (χ4n) is 2.22. The van der Waals surface area contributed by atoms with Gasteiger partial charge in [-0.1, -0.05) is 53.7 Å². The van der Waals surface area contributed by atoms with Gasteiger partial charge in [-0.05, 0) is 17.7 Å². The zero-order chi connectivity index (χ0) is 17.4. The first-order valence-electron chi connectivity index (χ1n) is 7.54. The minimum atomic E-state index is -1.03. The molecule has 0 spiro atoms. The number of hydrogen-bond acceptors (Lipinski definition) is 5. The Labute approximate surface area is 141 Å². The fraction of sp³-hybridized carbons (Fsp3) is 0.211. The molecule has 0 bridgehead atoms. The SMILES string of the molecule is C=C[C@@H](O)/C(=N\O[C@H](CO)c1ccccc1)c1ccccc1OC. The lowest BCUT2D eigenvalue weighted by Crippen LogP contribution is -2.21. The Morgan fingerprint density at radius 1 is 1.17 bits per heavy atom. The Hall–Kier alpha value is -2.63. The van der Waals surface area contributed by atoms with E-state index in [1.165, 1.54) is 13.2 Å². The van der Waals surface area contributed by atoms with Gasteiger partial charge in [0.1, 0.15) is 17.6 Å². The molecular formula is C19H21NO4. The van der Waals surface area contributed by atoms with E-state index in [1.807, 2.05) is 42.5 Å². The molecule has 2 rings (SSSR count). The molecule has 0 unspecified atom stereocenters. The van der Waals surface area contributed by atoms with Crippen LogP contribution in [-0.2, 0) is 4.84 Å². The number of methoxy groups -OCH3 is 1. The van der Waals surface area contributed by atoms with Crippen molar-refractivity contribution >= 4 is 5.71 Å². The Morgan fingerprint density at radius 2 is 1.83 bits per heavy atom. The minimum Gasteiger partial charge on any atom is -0.496 e. The van der Waals surface area contributed by atoms with E-state index in [0.717, 1.165) is 5.56 Å². The topological polar surface area (TPSA) is 71.3 Å². The molecule has 0 aliphatic carbocycles. The number of nitrogens with zero attached hydrogens (tertiary/aromatic N) is 1. The maximum Gasteiger partial charge on any atom is 0.175 e. The number of ether oxygens (including phenoxy) is 1. The van der Waals surface area contributed by atoms with Gasteiger partial charge < -0.3 is 19.8 Å². The Bertz CT molecular complexity index is 685. The standard InChI is InChI=1S/C19H21NO4/c1-3-16(22)19(15-11-7-8-12-17(15)23-2)20-24-18(13-21)14-9-5-4-6-10-14/h3-12,16,18,21-22H,1,13H2,2H3/b20-19-/t16-,18-/m1/s1. The van der Waals surface area contributed by atoms with Crippen LogP contribution >= 0.6 is 0 Å². The van der Waals surface area contributed by atoms with Crippen molar-refractivity contribution in [2.24, 2.45) is 5.16 Å². The van der Waals surface area contributed by atoms with E-state index in [2.05, 4.69) is 11.7 Å². The first kappa shape index (κ1) is 17.7. The van der Waals surface area contributed by atoms with Gasteiger partial charge in [-0.25, -0.2) is 0 Å². The average Bonchev–Trinajstić information content (AvgIpc) is 2.65. The molecule has 5 heteroatoms. The van der Waals surface area contributed by atoms with Crippen LogP contribution in [0, 0.1) is 0 Å². The van der Waals surface area contributed by atoms with Crippen molar-refractivity contribution in [2.75, 3.05) is 13.7 Å². The lowest BCUT2D eigenvalue weighted by molar-refractivity contribution is 0.0141. The van der Waals surface area contributed by atoms with Gasteiger partial charge >= 0.3 is 0 Å². The van der Waals surface area contributed by atoms with Gasteiger partial charge in [0, 0.05) is 5.56 Å². The zero-order valence-corrected chi connectivity index (χ0v) is 13.5. The third-order valence-corrected chi connectivity index (χ3v) is 3.50. The highest BCUT2D eigenvalue weighted by Crippen LogP contribution is 2.22. The van der Waals surface area contributed by atoms with E-state index in [1.54, 1.807) is 12.1 Å².